The van der Waals surface area contributed by atoms with Gasteiger partial charge in [-0.05, 0) is 49.1 Å². The van der Waals surface area contributed by atoms with E-state index in [9.17, 15) is 13.2 Å². The summed E-state index contributed by atoms with van der Waals surface area (Å²) in [4.78, 5) is 13.7. The van der Waals surface area contributed by atoms with E-state index in [2.05, 4.69) is 21.6 Å². The molecule has 1 atom stereocenters. The number of amides is 1. The molecule has 0 aliphatic carbocycles. The van der Waals surface area contributed by atoms with Gasteiger partial charge in [0.2, 0.25) is 15.9 Å². The van der Waals surface area contributed by atoms with E-state index in [1.165, 1.54) is 40.9 Å². The lowest BCUT2D eigenvalue weighted by atomic mass is 10.3. The number of aryl methyl sites for hydroxylation is 2. The monoisotopic (exact) mass is 437 g/mol. The first-order valence-corrected chi connectivity index (χ1v) is 11.6. The summed E-state index contributed by atoms with van der Waals surface area (Å²) >= 11 is 3.02. The third kappa shape index (κ3) is 5.41. The lowest BCUT2D eigenvalue weighted by Crippen LogP contribution is -2.23. The highest BCUT2D eigenvalue weighted by Crippen LogP contribution is 2.23. The molecule has 28 heavy (non-hydrogen) atoms. The normalized spacial score (nSPS) is 12.6. The number of benzene rings is 1. The van der Waals surface area contributed by atoms with Crippen LogP contribution in [-0.4, -0.2) is 34.3 Å². The zero-order valence-corrected chi connectivity index (χ0v) is 17.4. The van der Waals surface area contributed by atoms with Crippen molar-refractivity contribution in [1.82, 2.24) is 14.8 Å². The molecule has 0 aliphatic rings. The predicted octanol–water partition coefficient (Wildman–Crippen LogP) is 2.35. The summed E-state index contributed by atoms with van der Waals surface area (Å²) in [7, 11) is -3.76. The highest BCUT2D eigenvalue weighted by Gasteiger charge is 2.18. The van der Waals surface area contributed by atoms with Crippen LogP contribution in [0.1, 0.15) is 11.8 Å². The van der Waals surface area contributed by atoms with Crippen molar-refractivity contribution >= 4 is 44.7 Å². The van der Waals surface area contributed by atoms with Crippen LogP contribution in [0.2, 0.25) is 0 Å². The van der Waals surface area contributed by atoms with Gasteiger partial charge >= 0.3 is 0 Å². The van der Waals surface area contributed by atoms with E-state index in [0.717, 1.165) is 13.0 Å². The Balaban J connectivity index is 1.58. The molecule has 0 saturated heterocycles. The minimum absolute atomic E-state index is 0.00763. The van der Waals surface area contributed by atoms with Gasteiger partial charge < -0.3 is 9.88 Å². The molecule has 3 N–H and O–H groups in total. The van der Waals surface area contributed by atoms with Gasteiger partial charge in [0, 0.05) is 17.1 Å². The van der Waals surface area contributed by atoms with Gasteiger partial charge in [0.25, 0.3) is 0 Å². The van der Waals surface area contributed by atoms with Crippen molar-refractivity contribution in [3.8, 4) is 0 Å². The summed E-state index contributed by atoms with van der Waals surface area (Å²) in [5.41, 5.74) is 0.490. The second-order valence-electron chi connectivity index (χ2n) is 5.95. The molecule has 0 fully saturated rings. The fourth-order valence-electron chi connectivity index (χ4n) is 2.36. The number of aromatic nitrogens is 3. The van der Waals surface area contributed by atoms with E-state index in [0.29, 0.717) is 10.8 Å². The van der Waals surface area contributed by atoms with Crippen LogP contribution in [0.3, 0.4) is 0 Å². The SMILES string of the molecule is C[C@@H](Sc1nncn1CCc1cccs1)C(=O)Nc1ccc(S(N)(=O)=O)cc1. The van der Waals surface area contributed by atoms with Crippen LogP contribution < -0.4 is 10.5 Å². The molecule has 0 spiro atoms. The third-order valence-electron chi connectivity index (χ3n) is 3.86. The van der Waals surface area contributed by atoms with Gasteiger partial charge in [0.1, 0.15) is 6.33 Å². The van der Waals surface area contributed by atoms with Crippen molar-refractivity contribution in [2.24, 2.45) is 5.14 Å². The fraction of sp³-hybridized carbons (Fsp3) is 0.235. The number of carbonyl (C=O) groups excluding carboxylic acids is 1. The third-order valence-corrected chi connectivity index (χ3v) is 6.82. The van der Waals surface area contributed by atoms with Crippen molar-refractivity contribution in [2.45, 2.75) is 35.2 Å². The van der Waals surface area contributed by atoms with Crippen LogP contribution in [0.4, 0.5) is 5.69 Å². The number of anilines is 1. The highest BCUT2D eigenvalue weighted by atomic mass is 32.2. The summed E-state index contributed by atoms with van der Waals surface area (Å²) in [5.74, 6) is -0.221. The lowest BCUT2D eigenvalue weighted by Gasteiger charge is -2.12. The number of sulfonamides is 1. The Kier molecular flexibility index (Phi) is 6.50. The molecule has 0 aliphatic heterocycles. The van der Waals surface area contributed by atoms with Crippen LogP contribution in [0.25, 0.3) is 0 Å². The Morgan fingerprint density at radius 3 is 2.71 bits per heavy atom. The highest BCUT2D eigenvalue weighted by molar-refractivity contribution is 8.00. The van der Waals surface area contributed by atoms with Crippen LogP contribution in [0.5, 0.6) is 0 Å². The Morgan fingerprint density at radius 2 is 2.07 bits per heavy atom. The maximum atomic E-state index is 12.4. The molecule has 1 aromatic carbocycles. The number of rotatable bonds is 8. The summed E-state index contributed by atoms with van der Waals surface area (Å²) in [6.45, 7) is 2.51. The maximum absolute atomic E-state index is 12.4. The Hall–Kier alpha value is -2.21. The topological polar surface area (TPSA) is 120 Å². The van der Waals surface area contributed by atoms with Gasteiger partial charge in [-0.25, -0.2) is 13.6 Å². The molecule has 2 heterocycles. The van der Waals surface area contributed by atoms with E-state index in [1.54, 1.807) is 24.6 Å². The Bertz CT molecular complexity index is 1030. The van der Waals surface area contributed by atoms with Gasteiger partial charge in [-0.15, -0.1) is 21.5 Å². The number of nitrogens with zero attached hydrogens (tertiary/aromatic N) is 3. The Labute approximate surface area is 171 Å². The van der Waals surface area contributed by atoms with E-state index in [-0.39, 0.29) is 10.8 Å². The van der Waals surface area contributed by atoms with Crippen molar-refractivity contribution in [2.75, 3.05) is 5.32 Å². The van der Waals surface area contributed by atoms with E-state index in [1.807, 2.05) is 16.0 Å². The van der Waals surface area contributed by atoms with Crippen LogP contribution in [-0.2, 0) is 27.8 Å². The smallest absolute Gasteiger partial charge is 0.238 e. The van der Waals surface area contributed by atoms with Crippen molar-refractivity contribution < 1.29 is 13.2 Å². The quantitative estimate of drug-likeness (QED) is 0.522. The first-order chi connectivity index (χ1) is 13.3. The van der Waals surface area contributed by atoms with Gasteiger partial charge in [0.05, 0.1) is 10.1 Å². The lowest BCUT2D eigenvalue weighted by molar-refractivity contribution is -0.115. The average Bonchev–Trinajstić information content (AvgIpc) is 3.31. The van der Waals surface area contributed by atoms with Gasteiger partial charge in [-0.3, -0.25) is 4.79 Å². The molecule has 148 valence electrons. The van der Waals surface area contributed by atoms with E-state index < -0.39 is 15.3 Å². The molecule has 0 bridgehead atoms. The molecule has 3 rings (SSSR count). The second kappa shape index (κ2) is 8.86. The number of nitrogens with two attached hydrogens (primary N) is 1. The number of thiophene rings is 1. The zero-order valence-electron chi connectivity index (χ0n) is 15.0. The number of thioether (sulfide) groups is 1. The van der Waals surface area contributed by atoms with Crippen molar-refractivity contribution in [3.63, 3.8) is 0 Å². The van der Waals surface area contributed by atoms with Gasteiger partial charge in [-0.2, -0.15) is 0 Å². The zero-order chi connectivity index (χ0) is 20.1. The molecule has 11 heteroatoms. The molecular weight excluding hydrogens is 418 g/mol. The number of carbonyl (C=O) groups is 1. The molecule has 0 saturated carbocycles. The largest absolute Gasteiger partial charge is 0.325 e. The molecule has 0 radical (unpaired) electrons. The fourth-order valence-corrected chi connectivity index (χ4v) is 4.42. The minimum atomic E-state index is -3.76. The van der Waals surface area contributed by atoms with E-state index in [4.69, 9.17) is 5.14 Å². The second-order valence-corrected chi connectivity index (χ2v) is 9.86. The molecular formula is C17H19N5O3S3. The van der Waals surface area contributed by atoms with Gasteiger partial charge in [0.15, 0.2) is 5.16 Å². The number of hydrogen-bond acceptors (Lipinski definition) is 7. The van der Waals surface area contributed by atoms with Crippen LogP contribution in [0, 0.1) is 0 Å². The maximum Gasteiger partial charge on any atom is 0.238 e. The summed E-state index contributed by atoms with van der Waals surface area (Å²) in [6.07, 6.45) is 2.53. The first kappa shape index (κ1) is 20.5. The van der Waals surface area contributed by atoms with Crippen LogP contribution >= 0.6 is 23.1 Å². The van der Waals surface area contributed by atoms with Crippen molar-refractivity contribution in [1.29, 1.82) is 0 Å². The predicted molar refractivity (Wildman–Crippen MR) is 110 cm³/mol. The first-order valence-electron chi connectivity index (χ1n) is 8.33. The minimum Gasteiger partial charge on any atom is -0.325 e. The number of primary sulfonamides is 1. The van der Waals surface area contributed by atoms with Gasteiger partial charge in [-0.1, -0.05) is 17.8 Å². The summed E-state index contributed by atoms with van der Waals surface area (Å²) < 4.78 is 24.5. The molecule has 3 aromatic rings. The molecule has 1 amide bonds. The molecule has 2 aromatic heterocycles. The number of hydrogen-bond donors (Lipinski definition) is 2. The molecule has 0 unspecified atom stereocenters. The molecule has 8 nitrogen and oxygen atoms in total. The number of nitrogens with one attached hydrogen (secondary N) is 1. The standard InChI is InChI=1S/C17H19N5O3S3/c1-12(16(23)20-13-4-6-15(7-5-13)28(18,24)25)27-17-21-19-11-22(17)9-8-14-3-2-10-26-14/h2-7,10-12H,8-9H2,1H3,(H,20,23)(H2,18,24,25)/t12-/m1/s1. The van der Waals surface area contributed by atoms with E-state index >= 15 is 0 Å². The van der Waals surface area contributed by atoms with Crippen molar-refractivity contribution in [3.05, 3.63) is 53.0 Å². The van der Waals surface area contributed by atoms with Crippen LogP contribution in [0.15, 0.2) is 58.2 Å². The average molecular weight is 438 g/mol. The summed E-state index contributed by atoms with van der Waals surface area (Å²) in [5, 5.41) is 18.2. The summed E-state index contributed by atoms with van der Waals surface area (Å²) in [6, 6.07) is 9.80. The Morgan fingerprint density at radius 1 is 1.32 bits per heavy atom.